The molecular weight excluding hydrogens is 290 g/mol. The lowest BCUT2D eigenvalue weighted by Crippen LogP contribution is -2.35. The highest BCUT2D eigenvalue weighted by molar-refractivity contribution is 5.85. The van der Waals surface area contributed by atoms with E-state index in [2.05, 4.69) is 77.7 Å². The van der Waals surface area contributed by atoms with Gasteiger partial charge in [-0.3, -0.25) is 4.90 Å². The molecule has 1 aliphatic rings. The lowest BCUT2D eigenvalue weighted by molar-refractivity contribution is 0.167. The molecule has 1 heteroatoms. The third kappa shape index (κ3) is 3.52. The molecule has 3 aromatic carbocycles. The second kappa shape index (κ2) is 7.19. The molecule has 0 bridgehead atoms. The molecule has 1 atom stereocenters. The van der Waals surface area contributed by atoms with Gasteiger partial charge in [-0.2, -0.15) is 0 Å². The van der Waals surface area contributed by atoms with Crippen molar-refractivity contribution < 1.29 is 0 Å². The molecule has 0 N–H and O–H groups in total. The third-order valence-electron chi connectivity index (χ3n) is 5.24. The summed E-state index contributed by atoms with van der Waals surface area (Å²) in [6, 6.07) is 26.4. The quantitative estimate of drug-likeness (QED) is 0.632. The maximum absolute atomic E-state index is 2.63. The van der Waals surface area contributed by atoms with E-state index in [0.717, 1.165) is 12.5 Å². The van der Waals surface area contributed by atoms with Crippen LogP contribution >= 0.6 is 0 Å². The van der Waals surface area contributed by atoms with Crippen LogP contribution in [0.2, 0.25) is 0 Å². The molecule has 122 valence electrons. The third-order valence-corrected chi connectivity index (χ3v) is 5.24. The van der Waals surface area contributed by atoms with Gasteiger partial charge in [0.25, 0.3) is 0 Å². The summed E-state index contributed by atoms with van der Waals surface area (Å²) < 4.78 is 0. The Balaban J connectivity index is 1.46. The molecule has 4 rings (SSSR count). The second-order valence-corrected chi connectivity index (χ2v) is 7.07. The molecule has 0 radical (unpaired) electrons. The van der Waals surface area contributed by atoms with E-state index in [1.54, 1.807) is 0 Å². The van der Waals surface area contributed by atoms with Crippen molar-refractivity contribution in [2.45, 2.75) is 25.8 Å². The maximum atomic E-state index is 2.63. The van der Waals surface area contributed by atoms with Crippen LogP contribution in [0.5, 0.6) is 0 Å². The van der Waals surface area contributed by atoms with Gasteiger partial charge in [0.1, 0.15) is 0 Å². The Kier molecular flexibility index (Phi) is 4.62. The molecule has 0 spiro atoms. The van der Waals surface area contributed by atoms with Crippen LogP contribution in [0.4, 0.5) is 0 Å². The van der Waals surface area contributed by atoms with Crippen LogP contribution in [-0.4, -0.2) is 18.0 Å². The summed E-state index contributed by atoms with van der Waals surface area (Å²) in [6.07, 6.45) is 3.88. The number of hydrogen-bond acceptors (Lipinski definition) is 1. The number of benzene rings is 3. The van der Waals surface area contributed by atoms with Gasteiger partial charge in [-0.25, -0.2) is 0 Å². The summed E-state index contributed by atoms with van der Waals surface area (Å²) in [4.78, 5) is 2.63. The Morgan fingerprint density at radius 1 is 0.833 bits per heavy atom. The average Bonchev–Trinajstić information content (AvgIpc) is 2.63. The van der Waals surface area contributed by atoms with Crippen molar-refractivity contribution in [3.63, 3.8) is 0 Å². The first-order valence-corrected chi connectivity index (χ1v) is 9.11. The SMILES string of the molecule is c1ccc(CN2CCCC(Cc3cccc4ccccc34)C2)cc1. The van der Waals surface area contributed by atoms with Crippen molar-refractivity contribution in [1.82, 2.24) is 4.90 Å². The minimum Gasteiger partial charge on any atom is -0.299 e. The van der Waals surface area contributed by atoms with E-state index in [0.29, 0.717) is 0 Å². The predicted octanol–water partition coefficient (Wildman–Crippen LogP) is 5.29. The van der Waals surface area contributed by atoms with Crippen LogP contribution < -0.4 is 0 Å². The minimum absolute atomic E-state index is 0.772. The summed E-state index contributed by atoms with van der Waals surface area (Å²) in [5.41, 5.74) is 2.95. The van der Waals surface area contributed by atoms with Crippen molar-refractivity contribution >= 4 is 10.8 Å². The van der Waals surface area contributed by atoms with Crippen LogP contribution in [-0.2, 0) is 13.0 Å². The molecule has 1 aliphatic heterocycles. The highest BCUT2D eigenvalue weighted by Gasteiger charge is 2.20. The van der Waals surface area contributed by atoms with Gasteiger partial charge < -0.3 is 0 Å². The first-order valence-electron chi connectivity index (χ1n) is 9.11. The number of piperidine rings is 1. The Morgan fingerprint density at radius 2 is 1.62 bits per heavy atom. The Morgan fingerprint density at radius 3 is 2.54 bits per heavy atom. The Bertz CT molecular complexity index is 788. The van der Waals surface area contributed by atoms with Gasteiger partial charge in [-0.05, 0) is 53.6 Å². The summed E-state index contributed by atoms with van der Waals surface area (Å²) in [7, 11) is 0. The van der Waals surface area contributed by atoms with E-state index in [1.165, 1.54) is 54.3 Å². The van der Waals surface area contributed by atoms with E-state index in [9.17, 15) is 0 Å². The van der Waals surface area contributed by atoms with Crippen LogP contribution in [0.15, 0.2) is 72.8 Å². The Labute approximate surface area is 144 Å². The molecule has 1 unspecified atom stereocenters. The molecule has 1 heterocycles. The predicted molar refractivity (Wildman–Crippen MR) is 102 cm³/mol. The molecule has 24 heavy (non-hydrogen) atoms. The second-order valence-electron chi connectivity index (χ2n) is 7.07. The zero-order valence-corrected chi connectivity index (χ0v) is 14.2. The molecule has 0 aliphatic carbocycles. The molecule has 1 nitrogen and oxygen atoms in total. The molecule has 0 aromatic heterocycles. The van der Waals surface area contributed by atoms with E-state index < -0.39 is 0 Å². The van der Waals surface area contributed by atoms with Crippen molar-refractivity contribution in [2.24, 2.45) is 5.92 Å². The molecule has 0 amide bonds. The van der Waals surface area contributed by atoms with E-state index >= 15 is 0 Å². The van der Waals surface area contributed by atoms with Crippen molar-refractivity contribution in [3.05, 3.63) is 83.9 Å². The molecule has 1 fully saturated rings. The van der Waals surface area contributed by atoms with Gasteiger partial charge >= 0.3 is 0 Å². The van der Waals surface area contributed by atoms with Crippen molar-refractivity contribution in [2.75, 3.05) is 13.1 Å². The fourth-order valence-corrected chi connectivity index (χ4v) is 4.08. The molecular formula is C23H25N. The van der Waals surface area contributed by atoms with Gasteiger partial charge in [0.05, 0.1) is 0 Å². The van der Waals surface area contributed by atoms with Crippen molar-refractivity contribution in [1.29, 1.82) is 0 Å². The standard InChI is InChI=1S/C23H25N/c1-2-8-19(9-3-1)17-24-15-7-10-20(18-24)16-22-13-6-12-21-11-4-5-14-23(21)22/h1-6,8-9,11-14,20H,7,10,15-18H2. The van der Waals surface area contributed by atoms with Crippen LogP contribution in [0.25, 0.3) is 10.8 Å². The van der Waals surface area contributed by atoms with Crippen LogP contribution in [0.1, 0.15) is 24.0 Å². The monoisotopic (exact) mass is 315 g/mol. The number of fused-ring (bicyclic) bond motifs is 1. The number of rotatable bonds is 4. The summed E-state index contributed by atoms with van der Waals surface area (Å²) in [5.74, 6) is 0.772. The van der Waals surface area contributed by atoms with E-state index in [-0.39, 0.29) is 0 Å². The smallest absolute Gasteiger partial charge is 0.0233 e. The molecule has 1 saturated heterocycles. The summed E-state index contributed by atoms with van der Waals surface area (Å²) >= 11 is 0. The fraction of sp³-hybridized carbons (Fsp3) is 0.304. The lowest BCUT2D eigenvalue weighted by Gasteiger charge is -2.33. The average molecular weight is 315 g/mol. The normalized spacial score (nSPS) is 18.8. The number of nitrogens with zero attached hydrogens (tertiary/aromatic N) is 1. The van der Waals surface area contributed by atoms with Crippen molar-refractivity contribution in [3.8, 4) is 0 Å². The van der Waals surface area contributed by atoms with E-state index in [4.69, 9.17) is 0 Å². The van der Waals surface area contributed by atoms with Gasteiger partial charge in [-0.15, -0.1) is 0 Å². The Hall–Kier alpha value is -2.12. The zero-order chi connectivity index (χ0) is 16.2. The largest absolute Gasteiger partial charge is 0.299 e. The highest BCUT2D eigenvalue weighted by Crippen LogP contribution is 2.26. The van der Waals surface area contributed by atoms with Gasteiger partial charge in [-0.1, -0.05) is 72.8 Å². The van der Waals surface area contributed by atoms with Crippen LogP contribution in [0, 0.1) is 5.92 Å². The first-order chi connectivity index (χ1) is 11.9. The summed E-state index contributed by atoms with van der Waals surface area (Å²) in [5, 5.41) is 2.80. The minimum atomic E-state index is 0.772. The fourth-order valence-electron chi connectivity index (χ4n) is 4.08. The van der Waals surface area contributed by atoms with Gasteiger partial charge in [0, 0.05) is 13.1 Å². The molecule has 3 aromatic rings. The number of likely N-dealkylation sites (tertiary alicyclic amines) is 1. The van der Waals surface area contributed by atoms with Gasteiger partial charge in [0.2, 0.25) is 0 Å². The zero-order valence-electron chi connectivity index (χ0n) is 14.2. The van der Waals surface area contributed by atoms with Gasteiger partial charge in [0.15, 0.2) is 0 Å². The first kappa shape index (κ1) is 15.4. The van der Waals surface area contributed by atoms with Crippen LogP contribution in [0.3, 0.4) is 0 Å². The molecule has 0 saturated carbocycles. The van der Waals surface area contributed by atoms with E-state index in [1.807, 2.05) is 0 Å². The lowest BCUT2D eigenvalue weighted by atomic mass is 9.89. The maximum Gasteiger partial charge on any atom is 0.0233 e. The number of hydrogen-bond donors (Lipinski definition) is 0. The summed E-state index contributed by atoms with van der Waals surface area (Å²) in [6.45, 7) is 3.55. The topological polar surface area (TPSA) is 3.24 Å². The highest BCUT2D eigenvalue weighted by atomic mass is 15.1.